The lowest BCUT2D eigenvalue weighted by atomic mass is 9.89. The maximum absolute atomic E-state index is 6.49. The second-order valence-corrected chi connectivity index (χ2v) is 14.2. The summed E-state index contributed by atoms with van der Waals surface area (Å²) in [5.41, 5.74) is 2.51. The van der Waals surface area contributed by atoms with Crippen LogP contribution in [0.25, 0.3) is 11.1 Å². The van der Waals surface area contributed by atoms with E-state index < -0.39 is 0 Å². The Morgan fingerprint density at radius 3 is 2.45 bits per heavy atom. The van der Waals surface area contributed by atoms with E-state index in [1.807, 2.05) is 25.1 Å². The van der Waals surface area contributed by atoms with Crippen molar-refractivity contribution in [3.8, 4) is 22.8 Å². The molecule has 1 saturated carbocycles. The molecule has 260 valence electrons. The first-order chi connectivity index (χ1) is 24.1. The number of halogens is 1. The van der Waals surface area contributed by atoms with Gasteiger partial charge in [-0.15, -0.1) is 5.10 Å². The molecule has 2 bridgehead atoms. The molecule has 0 radical (unpaired) electrons. The fourth-order valence-corrected chi connectivity index (χ4v) is 7.99. The van der Waals surface area contributed by atoms with Gasteiger partial charge in [0.1, 0.15) is 30.2 Å². The Hall–Kier alpha value is -3.78. The van der Waals surface area contributed by atoms with Gasteiger partial charge in [0.05, 0.1) is 50.2 Å². The van der Waals surface area contributed by atoms with Gasteiger partial charge in [0.2, 0.25) is 5.95 Å². The van der Waals surface area contributed by atoms with Crippen LogP contribution in [0.3, 0.4) is 0 Å². The van der Waals surface area contributed by atoms with E-state index in [1.165, 1.54) is 32.0 Å². The lowest BCUT2D eigenvalue weighted by Crippen LogP contribution is -2.52. The second-order valence-electron chi connectivity index (χ2n) is 13.8. The second kappa shape index (κ2) is 14.6. The van der Waals surface area contributed by atoms with E-state index >= 15 is 0 Å². The predicted octanol–water partition coefficient (Wildman–Crippen LogP) is 5.56. The zero-order valence-electron chi connectivity index (χ0n) is 27.9. The van der Waals surface area contributed by atoms with E-state index in [9.17, 15) is 0 Å². The molecule has 0 amide bonds. The van der Waals surface area contributed by atoms with Crippen molar-refractivity contribution in [3.05, 3.63) is 54.5 Å². The van der Waals surface area contributed by atoms with Crippen LogP contribution in [0, 0.1) is 5.92 Å². The highest BCUT2D eigenvalue weighted by molar-refractivity contribution is 6.32. The Bertz CT molecular complexity index is 1660. The van der Waals surface area contributed by atoms with Crippen LogP contribution in [0.15, 0.2) is 49.4 Å². The summed E-state index contributed by atoms with van der Waals surface area (Å²) < 4.78 is 27.7. The van der Waals surface area contributed by atoms with E-state index in [0.717, 1.165) is 62.5 Å². The van der Waals surface area contributed by atoms with Gasteiger partial charge in [-0.3, -0.25) is 9.58 Å². The highest BCUT2D eigenvalue weighted by atomic mass is 35.5. The first-order valence-electron chi connectivity index (χ1n) is 17.6. The molecule has 4 aromatic rings. The monoisotopic (exact) mass is 689 g/mol. The molecule has 1 aromatic carbocycles. The Morgan fingerprint density at radius 1 is 0.939 bits per heavy atom. The van der Waals surface area contributed by atoms with Gasteiger partial charge < -0.3 is 24.3 Å². The van der Waals surface area contributed by atoms with Gasteiger partial charge in [-0.2, -0.15) is 5.10 Å². The molecule has 1 unspecified atom stereocenters. The lowest BCUT2D eigenvalue weighted by molar-refractivity contribution is -0.0458. The molecule has 1 aliphatic carbocycles. The Kier molecular flexibility index (Phi) is 9.66. The number of anilines is 2. The molecule has 1 N–H and O–H groups in total. The fourth-order valence-electron chi connectivity index (χ4n) is 7.82. The van der Waals surface area contributed by atoms with Gasteiger partial charge in [-0.1, -0.05) is 17.7 Å². The smallest absolute Gasteiger partial charge is 0.256 e. The maximum atomic E-state index is 6.49. The summed E-state index contributed by atoms with van der Waals surface area (Å²) >= 11 is 6.49. The Balaban J connectivity index is 0.944. The molecule has 3 saturated heterocycles. The Morgan fingerprint density at radius 2 is 1.71 bits per heavy atom. The maximum Gasteiger partial charge on any atom is 0.256 e. The standard InChI is InChI=1S/C35H44ClN9O4/c1-23(15-43-22-37-21-40-43)49-33-12-25(2-9-31(33)36)26-13-38-35(39-14-26)41-32-16-44(42-34(32)48-18-24-10-11-46-17-24)27-3-5-28(6-4-27)45-29-7-8-30(45)20-47-19-29/h2,9,12-14,16,21-24,27-30H,3-8,10-11,15,17-20H2,1H3,(H,38,39,41)/t23-,24?,27-,28-,29-,30+/m0/s1. The van der Waals surface area contributed by atoms with E-state index in [2.05, 4.69) is 41.1 Å². The normalized spacial score (nSPS) is 26.1. The average Bonchev–Trinajstić information content (AvgIpc) is 3.94. The average molecular weight is 690 g/mol. The summed E-state index contributed by atoms with van der Waals surface area (Å²) in [6, 6.07) is 7.83. The first-order valence-corrected chi connectivity index (χ1v) is 18.0. The molecule has 13 nitrogen and oxygen atoms in total. The number of rotatable bonds is 12. The van der Waals surface area contributed by atoms with Crippen LogP contribution in [0.2, 0.25) is 5.02 Å². The number of ether oxygens (including phenoxy) is 4. The first kappa shape index (κ1) is 32.4. The minimum Gasteiger partial charge on any atom is -0.487 e. The molecule has 3 aromatic heterocycles. The van der Waals surface area contributed by atoms with Gasteiger partial charge in [0, 0.05) is 48.6 Å². The van der Waals surface area contributed by atoms with Crippen molar-refractivity contribution in [3.63, 3.8) is 0 Å². The number of nitrogens with zero attached hydrogens (tertiary/aromatic N) is 8. The lowest BCUT2D eigenvalue weighted by Gasteiger charge is -2.43. The van der Waals surface area contributed by atoms with Gasteiger partial charge >= 0.3 is 0 Å². The summed E-state index contributed by atoms with van der Waals surface area (Å²) in [5, 5.41) is 13.0. The van der Waals surface area contributed by atoms with Gasteiger partial charge in [-0.25, -0.2) is 19.6 Å². The summed E-state index contributed by atoms with van der Waals surface area (Å²) in [4.78, 5) is 16.1. The topological polar surface area (TPSA) is 126 Å². The minimum absolute atomic E-state index is 0.161. The van der Waals surface area contributed by atoms with Crippen LogP contribution in [-0.4, -0.2) is 96.7 Å². The Labute approximate surface area is 291 Å². The molecule has 14 heteroatoms. The summed E-state index contributed by atoms with van der Waals surface area (Å²) in [7, 11) is 0. The van der Waals surface area contributed by atoms with Crippen LogP contribution >= 0.6 is 11.6 Å². The number of morpholine rings is 1. The SMILES string of the molecule is C[C@@H](Cn1cncn1)Oc1cc(-c2cnc(Nc3cn([C@H]4CC[C@H](N5[C@@H]6CC[C@H]5COC6)CC4)nc3OCC3CCOC3)nc2)ccc1Cl. The number of nitrogens with one attached hydrogen (secondary N) is 1. The van der Waals surface area contributed by atoms with Crippen molar-refractivity contribution in [1.29, 1.82) is 0 Å². The van der Waals surface area contributed by atoms with Crippen LogP contribution < -0.4 is 14.8 Å². The number of hydrogen-bond acceptors (Lipinski definition) is 11. The molecular weight excluding hydrogens is 646 g/mol. The fraction of sp³-hybridized carbons (Fsp3) is 0.571. The molecule has 8 rings (SSSR count). The highest BCUT2D eigenvalue weighted by Crippen LogP contribution is 2.40. The quantitative estimate of drug-likeness (QED) is 0.201. The van der Waals surface area contributed by atoms with Crippen molar-refractivity contribution >= 4 is 23.2 Å². The van der Waals surface area contributed by atoms with E-state index in [0.29, 0.717) is 65.8 Å². The third-order valence-electron chi connectivity index (χ3n) is 10.3. The van der Waals surface area contributed by atoms with Crippen molar-refractivity contribution in [2.45, 2.75) is 88.7 Å². The molecular formula is C35H44ClN9O4. The number of fused-ring (bicyclic) bond motifs is 2. The summed E-state index contributed by atoms with van der Waals surface area (Å²) in [5.74, 6) is 2.00. The summed E-state index contributed by atoms with van der Waals surface area (Å²) in [6.07, 6.45) is 16.7. The van der Waals surface area contributed by atoms with Crippen LogP contribution in [0.4, 0.5) is 11.6 Å². The number of aromatic nitrogens is 7. The molecule has 0 spiro atoms. The van der Waals surface area contributed by atoms with Gasteiger partial charge in [0.15, 0.2) is 0 Å². The highest BCUT2D eigenvalue weighted by Gasteiger charge is 2.42. The molecule has 4 aliphatic rings. The molecule has 4 fully saturated rings. The van der Waals surface area contributed by atoms with E-state index in [-0.39, 0.29) is 6.10 Å². The third-order valence-corrected chi connectivity index (χ3v) is 10.7. The van der Waals surface area contributed by atoms with E-state index in [1.54, 1.807) is 23.4 Å². The van der Waals surface area contributed by atoms with Crippen LogP contribution in [0.5, 0.6) is 11.6 Å². The molecule has 49 heavy (non-hydrogen) atoms. The van der Waals surface area contributed by atoms with Crippen molar-refractivity contribution in [2.75, 3.05) is 38.4 Å². The minimum atomic E-state index is -0.161. The van der Waals surface area contributed by atoms with Crippen molar-refractivity contribution in [1.82, 2.24) is 39.4 Å². The van der Waals surface area contributed by atoms with Gasteiger partial charge in [-0.05, 0) is 69.6 Å². The number of hydrogen-bond donors (Lipinski definition) is 1. The van der Waals surface area contributed by atoms with Crippen molar-refractivity contribution < 1.29 is 18.9 Å². The largest absolute Gasteiger partial charge is 0.487 e. The van der Waals surface area contributed by atoms with Crippen molar-refractivity contribution in [2.24, 2.45) is 5.92 Å². The van der Waals surface area contributed by atoms with Gasteiger partial charge in [0.25, 0.3) is 5.88 Å². The van der Waals surface area contributed by atoms with Crippen LogP contribution in [0.1, 0.15) is 57.9 Å². The zero-order chi connectivity index (χ0) is 33.2. The summed E-state index contributed by atoms with van der Waals surface area (Å²) in [6.45, 7) is 6.37. The zero-order valence-corrected chi connectivity index (χ0v) is 28.6. The third kappa shape index (κ3) is 7.40. The van der Waals surface area contributed by atoms with E-state index in [4.69, 9.17) is 35.6 Å². The predicted molar refractivity (Wildman–Crippen MR) is 183 cm³/mol. The molecule has 6 heterocycles. The molecule has 4 atom stereocenters. The van der Waals surface area contributed by atoms with Crippen LogP contribution in [-0.2, 0) is 16.0 Å². The molecule has 3 aliphatic heterocycles. The number of benzene rings is 1.